The van der Waals surface area contributed by atoms with Crippen LogP contribution in [0.4, 0.5) is 0 Å². The molecule has 0 saturated heterocycles. The van der Waals surface area contributed by atoms with E-state index in [2.05, 4.69) is 38.1 Å². The summed E-state index contributed by atoms with van der Waals surface area (Å²) in [5.41, 5.74) is 2.54. The van der Waals surface area contributed by atoms with E-state index in [0.29, 0.717) is 12.3 Å². The summed E-state index contributed by atoms with van der Waals surface area (Å²) in [5.74, 6) is 1.17. The lowest BCUT2D eigenvalue weighted by atomic mass is 9.91. The van der Waals surface area contributed by atoms with Crippen molar-refractivity contribution in [3.05, 3.63) is 41.5 Å². The molecule has 0 aromatic heterocycles. The van der Waals surface area contributed by atoms with Crippen LogP contribution in [0.15, 0.2) is 30.3 Å². The number of aryl methyl sites for hydroxylation is 1. The van der Waals surface area contributed by atoms with Crippen LogP contribution in [0.3, 0.4) is 0 Å². The molecule has 0 radical (unpaired) electrons. The maximum Gasteiger partial charge on any atom is 0.311 e. The molecule has 1 heterocycles. The molecule has 3 rings (SSSR count). The van der Waals surface area contributed by atoms with Gasteiger partial charge in [0.1, 0.15) is 5.75 Å². The van der Waals surface area contributed by atoms with Crippen LogP contribution in [-0.2, 0) is 11.2 Å². The molecule has 1 unspecified atom stereocenters. The fraction of sp³-hybridized carbons (Fsp3) is 0.353. The normalized spacial score (nSPS) is 16.0. The molecule has 0 amide bonds. The van der Waals surface area contributed by atoms with Gasteiger partial charge in [-0.2, -0.15) is 0 Å². The second-order valence-electron chi connectivity index (χ2n) is 5.31. The molecule has 0 aliphatic carbocycles. The lowest BCUT2D eigenvalue weighted by Crippen LogP contribution is -2.15. The van der Waals surface area contributed by atoms with E-state index in [1.165, 1.54) is 10.9 Å². The van der Waals surface area contributed by atoms with E-state index in [1.54, 1.807) is 0 Å². The predicted molar refractivity (Wildman–Crippen MR) is 76.6 cm³/mol. The molecule has 2 aromatic carbocycles. The Hall–Kier alpha value is -1.83. The largest absolute Gasteiger partial charge is 0.426 e. The quantitative estimate of drug-likeness (QED) is 0.593. The highest BCUT2D eigenvalue weighted by Gasteiger charge is 2.18. The molecule has 1 atom stereocenters. The fourth-order valence-corrected chi connectivity index (χ4v) is 2.72. The van der Waals surface area contributed by atoms with Gasteiger partial charge in [-0.25, -0.2) is 0 Å². The van der Waals surface area contributed by atoms with E-state index in [1.807, 2.05) is 6.07 Å². The Bertz CT molecular complexity index is 643. The molecule has 1 aliphatic rings. The van der Waals surface area contributed by atoms with Gasteiger partial charge < -0.3 is 4.74 Å². The van der Waals surface area contributed by atoms with Crippen molar-refractivity contribution in [2.24, 2.45) is 0 Å². The number of rotatable bonds is 2. The molecule has 19 heavy (non-hydrogen) atoms. The summed E-state index contributed by atoms with van der Waals surface area (Å²) in [6.07, 6.45) is 2.41. The van der Waals surface area contributed by atoms with Crippen molar-refractivity contribution in [1.82, 2.24) is 0 Å². The number of hydrogen-bond acceptors (Lipinski definition) is 2. The minimum Gasteiger partial charge on any atom is -0.426 e. The minimum atomic E-state index is -0.120. The highest BCUT2D eigenvalue weighted by Crippen LogP contribution is 2.34. The average molecular weight is 254 g/mol. The molecule has 98 valence electrons. The molecule has 1 aliphatic heterocycles. The molecular formula is C17H18O2. The van der Waals surface area contributed by atoms with Gasteiger partial charge in [-0.15, -0.1) is 0 Å². The van der Waals surface area contributed by atoms with E-state index in [0.717, 1.165) is 29.5 Å². The maximum atomic E-state index is 11.4. The van der Waals surface area contributed by atoms with Crippen LogP contribution < -0.4 is 4.74 Å². The van der Waals surface area contributed by atoms with E-state index in [9.17, 15) is 4.79 Å². The van der Waals surface area contributed by atoms with Gasteiger partial charge in [0.25, 0.3) is 0 Å². The Labute approximate surface area is 113 Å². The molecule has 0 saturated carbocycles. The number of carbonyl (C=O) groups excluding carboxylic acids is 1. The lowest BCUT2D eigenvalue weighted by molar-refractivity contribution is -0.135. The number of fused-ring (bicyclic) bond motifs is 2. The Kier molecular flexibility index (Phi) is 3.02. The topological polar surface area (TPSA) is 26.3 Å². The van der Waals surface area contributed by atoms with Crippen molar-refractivity contribution in [3.63, 3.8) is 0 Å². The second-order valence-corrected chi connectivity index (χ2v) is 5.31. The highest BCUT2D eigenvalue weighted by atomic mass is 16.5. The van der Waals surface area contributed by atoms with Gasteiger partial charge in [0, 0.05) is 0 Å². The Morgan fingerprint density at radius 3 is 2.89 bits per heavy atom. The Morgan fingerprint density at radius 1 is 1.26 bits per heavy atom. The second kappa shape index (κ2) is 4.69. The van der Waals surface area contributed by atoms with E-state index < -0.39 is 0 Å². The van der Waals surface area contributed by atoms with Gasteiger partial charge in [-0.1, -0.05) is 32.0 Å². The summed E-state index contributed by atoms with van der Waals surface area (Å²) in [4.78, 5) is 11.4. The first-order chi connectivity index (χ1) is 9.19. The van der Waals surface area contributed by atoms with Crippen LogP contribution in [0, 0.1) is 0 Å². The van der Waals surface area contributed by atoms with Crippen molar-refractivity contribution >= 4 is 16.7 Å². The molecule has 2 aromatic rings. The smallest absolute Gasteiger partial charge is 0.311 e. The van der Waals surface area contributed by atoms with Gasteiger partial charge in [-0.05, 0) is 52.8 Å². The number of carbonyl (C=O) groups is 1. The van der Waals surface area contributed by atoms with Crippen molar-refractivity contribution in [2.45, 2.75) is 39.0 Å². The van der Waals surface area contributed by atoms with Crippen LogP contribution in [0.1, 0.15) is 43.7 Å². The predicted octanol–water partition coefficient (Wildman–Crippen LogP) is 4.20. The SMILES string of the molecule is CCC(C)c1cccc2cc3c(cc12)CCC(=O)O3. The monoisotopic (exact) mass is 254 g/mol. The zero-order valence-corrected chi connectivity index (χ0v) is 11.4. The van der Waals surface area contributed by atoms with Gasteiger partial charge >= 0.3 is 5.97 Å². The first-order valence-electron chi connectivity index (χ1n) is 6.95. The van der Waals surface area contributed by atoms with Crippen LogP contribution in [-0.4, -0.2) is 5.97 Å². The Morgan fingerprint density at radius 2 is 2.11 bits per heavy atom. The lowest BCUT2D eigenvalue weighted by Gasteiger charge is -2.19. The molecule has 2 nitrogen and oxygen atoms in total. The molecule has 0 spiro atoms. The van der Waals surface area contributed by atoms with Crippen molar-refractivity contribution in [1.29, 1.82) is 0 Å². The zero-order chi connectivity index (χ0) is 13.4. The number of ether oxygens (including phenoxy) is 1. The number of hydrogen-bond donors (Lipinski definition) is 0. The standard InChI is InChI=1S/C17H18O2/c1-3-11(2)14-6-4-5-12-10-16-13(9-15(12)14)7-8-17(18)19-16/h4-6,9-11H,3,7-8H2,1-2H3. The third kappa shape index (κ3) is 2.12. The van der Waals surface area contributed by atoms with E-state index >= 15 is 0 Å². The number of benzene rings is 2. The fourth-order valence-electron chi connectivity index (χ4n) is 2.72. The van der Waals surface area contributed by atoms with Gasteiger partial charge in [0.15, 0.2) is 0 Å². The van der Waals surface area contributed by atoms with E-state index in [4.69, 9.17) is 4.74 Å². The van der Waals surface area contributed by atoms with Crippen LogP contribution in [0.5, 0.6) is 5.75 Å². The summed E-state index contributed by atoms with van der Waals surface area (Å²) in [5, 5.41) is 2.46. The maximum absolute atomic E-state index is 11.4. The molecule has 0 fully saturated rings. The highest BCUT2D eigenvalue weighted by molar-refractivity contribution is 5.90. The summed E-state index contributed by atoms with van der Waals surface area (Å²) in [7, 11) is 0. The molecule has 0 N–H and O–H groups in total. The summed E-state index contributed by atoms with van der Waals surface area (Å²) in [6, 6.07) is 10.6. The summed E-state index contributed by atoms with van der Waals surface area (Å²) < 4.78 is 5.33. The molecular weight excluding hydrogens is 236 g/mol. The van der Waals surface area contributed by atoms with Crippen molar-refractivity contribution < 1.29 is 9.53 Å². The summed E-state index contributed by atoms with van der Waals surface area (Å²) in [6.45, 7) is 4.47. The van der Waals surface area contributed by atoms with Crippen LogP contribution >= 0.6 is 0 Å². The molecule has 0 bridgehead atoms. The zero-order valence-electron chi connectivity index (χ0n) is 11.4. The summed E-state index contributed by atoms with van der Waals surface area (Å²) >= 11 is 0. The Balaban J connectivity index is 2.19. The van der Waals surface area contributed by atoms with Crippen molar-refractivity contribution in [3.8, 4) is 5.75 Å². The van der Waals surface area contributed by atoms with Gasteiger partial charge in [-0.3, -0.25) is 4.79 Å². The van der Waals surface area contributed by atoms with E-state index in [-0.39, 0.29) is 5.97 Å². The first kappa shape index (κ1) is 12.2. The van der Waals surface area contributed by atoms with Gasteiger partial charge in [0.05, 0.1) is 6.42 Å². The molecule has 2 heteroatoms. The number of esters is 1. The first-order valence-corrected chi connectivity index (χ1v) is 6.95. The third-order valence-corrected chi connectivity index (χ3v) is 4.06. The van der Waals surface area contributed by atoms with Gasteiger partial charge in [0.2, 0.25) is 0 Å². The van der Waals surface area contributed by atoms with Crippen LogP contribution in [0.2, 0.25) is 0 Å². The van der Waals surface area contributed by atoms with Crippen molar-refractivity contribution in [2.75, 3.05) is 0 Å². The third-order valence-electron chi connectivity index (χ3n) is 4.06. The van der Waals surface area contributed by atoms with Crippen LogP contribution in [0.25, 0.3) is 10.8 Å². The average Bonchev–Trinajstić information content (AvgIpc) is 2.43. The minimum absolute atomic E-state index is 0.120.